The fourth-order valence-corrected chi connectivity index (χ4v) is 2.44. The van der Waals surface area contributed by atoms with E-state index in [9.17, 15) is 4.79 Å². The molecular formula is C12H22N2O2. The number of nitrogens with two attached hydrogens (primary N) is 1. The monoisotopic (exact) mass is 226 g/mol. The van der Waals surface area contributed by atoms with E-state index in [4.69, 9.17) is 10.5 Å². The van der Waals surface area contributed by atoms with E-state index in [1.165, 1.54) is 19.3 Å². The van der Waals surface area contributed by atoms with Gasteiger partial charge in [-0.05, 0) is 31.1 Å². The van der Waals surface area contributed by atoms with Crippen LogP contribution in [0.3, 0.4) is 0 Å². The Bertz CT molecular complexity index is 264. The SMILES string of the molecule is CC1(CNC(=O)[C@@H]2CC[C@H](CN)O2)CCC1. The van der Waals surface area contributed by atoms with Crippen LogP contribution >= 0.6 is 0 Å². The third kappa shape index (κ3) is 2.55. The second kappa shape index (κ2) is 4.72. The molecule has 1 saturated carbocycles. The minimum atomic E-state index is -0.266. The Kier molecular flexibility index (Phi) is 3.50. The number of amides is 1. The highest BCUT2D eigenvalue weighted by molar-refractivity contribution is 5.81. The average Bonchev–Trinajstić information content (AvgIpc) is 2.71. The van der Waals surface area contributed by atoms with Crippen LogP contribution in [0.5, 0.6) is 0 Å². The summed E-state index contributed by atoms with van der Waals surface area (Å²) in [7, 11) is 0. The van der Waals surface area contributed by atoms with E-state index in [1.807, 2.05) is 0 Å². The van der Waals surface area contributed by atoms with E-state index in [1.54, 1.807) is 0 Å². The summed E-state index contributed by atoms with van der Waals surface area (Å²) in [6.07, 6.45) is 5.28. The number of rotatable bonds is 4. The lowest BCUT2D eigenvalue weighted by atomic mass is 9.70. The summed E-state index contributed by atoms with van der Waals surface area (Å²) < 4.78 is 5.55. The summed E-state index contributed by atoms with van der Waals surface area (Å²) in [6, 6.07) is 0. The van der Waals surface area contributed by atoms with Gasteiger partial charge in [-0.25, -0.2) is 0 Å². The van der Waals surface area contributed by atoms with E-state index in [2.05, 4.69) is 12.2 Å². The smallest absolute Gasteiger partial charge is 0.249 e. The maximum atomic E-state index is 11.8. The van der Waals surface area contributed by atoms with Crippen LogP contribution in [0.25, 0.3) is 0 Å². The molecule has 1 heterocycles. The number of hydrogen-bond acceptors (Lipinski definition) is 3. The van der Waals surface area contributed by atoms with Gasteiger partial charge in [-0.15, -0.1) is 0 Å². The molecule has 1 aliphatic carbocycles. The highest BCUT2D eigenvalue weighted by Gasteiger charge is 2.34. The Hall–Kier alpha value is -0.610. The Morgan fingerprint density at radius 3 is 2.75 bits per heavy atom. The third-order valence-electron chi connectivity index (χ3n) is 3.91. The van der Waals surface area contributed by atoms with E-state index >= 15 is 0 Å². The molecule has 2 atom stereocenters. The first-order valence-corrected chi connectivity index (χ1v) is 6.26. The Morgan fingerprint density at radius 2 is 2.25 bits per heavy atom. The second-order valence-corrected chi connectivity index (χ2v) is 5.44. The number of hydrogen-bond donors (Lipinski definition) is 2. The molecule has 1 amide bonds. The molecule has 0 aromatic heterocycles. The minimum Gasteiger partial charge on any atom is -0.364 e. The molecule has 0 spiro atoms. The topological polar surface area (TPSA) is 64.4 Å². The molecule has 0 radical (unpaired) electrons. The predicted molar refractivity (Wildman–Crippen MR) is 61.9 cm³/mol. The molecule has 16 heavy (non-hydrogen) atoms. The van der Waals surface area contributed by atoms with Gasteiger partial charge in [0.25, 0.3) is 0 Å². The van der Waals surface area contributed by atoms with Crippen molar-refractivity contribution >= 4 is 5.91 Å². The number of carbonyl (C=O) groups excluding carboxylic acids is 1. The first-order chi connectivity index (χ1) is 7.63. The standard InChI is InChI=1S/C12H22N2O2/c1-12(5-2-6-12)8-14-11(15)10-4-3-9(7-13)16-10/h9-10H,2-8,13H2,1H3,(H,14,15)/t9-,10+/m1/s1. The molecule has 3 N–H and O–H groups in total. The van der Waals surface area contributed by atoms with Gasteiger partial charge in [0.15, 0.2) is 0 Å². The molecule has 1 saturated heterocycles. The summed E-state index contributed by atoms with van der Waals surface area (Å²) >= 11 is 0. The Labute approximate surface area is 96.9 Å². The van der Waals surface area contributed by atoms with Crippen LogP contribution in [-0.4, -0.2) is 31.2 Å². The third-order valence-corrected chi connectivity index (χ3v) is 3.91. The van der Waals surface area contributed by atoms with Crippen LogP contribution in [0.4, 0.5) is 0 Å². The summed E-state index contributed by atoms with van der Waals surface area (Å²) in [5.74, 6) is 0.0454. The second-order valence-electron chi connectivity index (χ2n) is 5.44. The van der Waals surface area contributed by atoms with Gasteiger partial charge in [0.1, 0.15) is 6.10 Å². The Balaban J connectivity index is 1.72. The highest BCUT2D eigenvalue weighted by Crippen LogP contribution is 2.39. The molecule has 2 aliphatic rings. The van der Waals surface area contributed by atoms with Gasteiger partial charge in [-0.2, -0.15) is 0 Å². The molecule has 0 bridgehead atoms. The highest BCUT2D eigenvalue weighted by atomic mass is 16.5. The first kappa shape index (κ1) is 11.9. The van der Waals surface area contributed by atoms with Crippen LogP contribution in [0.2, 0.25) is 0 Å². The molecule has 4 heteroatoms. The molecule has 0 unspecified atom stereocenters. The zero-order valence-corrected chi connectivity index (χ0v) is 10.00. The Morgan fingerprint density at radius 1 is 1.50 bits per heavy atom. The minimum absolute atomic E-state index is 0.0454. The lowest BCUT2D eigenvalue weighted by molar-refractivity contribution is -0.132. The normalized spacial score (nSPS) is 32.1. The molecule has 2 rings (SSSR count). The van der Waals surface area contributed by atoms with Crippen molar-refractivity contribution in [3.8, 4) is 0 Å². The summed E-state index contributed by atoms with van der Waals surface area (Å²) in [6.45, 7) is 3.54. The van der Waals surface area contributed by atoms with Crippen molar-refractivity contribution in [2.75, 3.05) is 13.1 Å². The zero-order chi connectivity index (χ0) is 11.6. The van der Waals surface area contributed by atoms with Gasteiger partial charge in [0.05, 0.1) is 6.10 Å². The van der Waals surface area contributed by atoms with Crippen LogP contribution in [-0.2, 0) is 9.53 Å². The van der Waals surface area contributed by atoms with Gasteiger partial charge >= 0.3 is 0 Å². The van der Waals surface area contributed by atoms with E-state index in [0.29, 0.717) is 12.0 Å². The number of ether oxygens (including phenoxy) is 1. The summed E-state index contributed by atoms with van der Waals surface area (Å²) in [5.41, 5.74) is 5.85. The van der Waals surface area contributed by atoms with E-state index in [0.717, 1.165) is 19.4 Å². The van der Waals surface area contributed by atoms with Crippen LogP contribution in [0, 0.1) is 5.41 Å². The molecular weight excluding hydrogens is 204 g/mol. The van der Waals surface area contributed by atoms with E-state index in [-0.39, 0.29) is 18.1 Å². The van der Waals surface area contributed by atoms with Crippen molar-refractivity contribution in [3.63, 3.8) is 0 Å². The molecule has 0 aromatic rings. The molecule has 4 nitrogen and oxygen atoms in total. The van der Waals surface area contributed by atoms with Crippen molar-refractivity contribution in [3.05, 3.63) is 0 Å². The molecule has 2 fully saturated rings. The zero-order valence-electron chi connectivity index (χ0n) is 10.00. The van der Waals surface area contributed by atoms with Crippen molar-refractivity contribution < 1.29 is 9.53 Å². The average molecular weight is 226 g/mol. The van der Waals surface area contributed by atoms with Gasteiger partial charge in [-0.1, -0.05) is 13.3 Å². The van der Waals surface area contributed by atoms with Crippen LogP contribution in [0.1, 0.15) is 39.0 Å². The maximum Gasteiger partial charge on any atom is 0.249 e. The van der Waals surface area contributed by atoms with Crippen LogP contribution in [0.15, 0.2) is 0 Å². The van der Waals surface area contributed by atoms with Crippen molar-refractivity contribution in [2.45, 2.75) is 51.2 Å². The number of carbonyl (C=O) groups is 1. The molecule has 1 aliphatic heterocycles. The van der Waals surface area contributed by atoms with Crippen molar-refractivity contribution in [2.24, 2.45) is 11.1 Å². The van der Waals surface area contributed by atoms with Gasteiger partial charge in [0.2, 0.25) is 5.91 Å². The summed E-state index contributed by atoms with van der Waals surface area (Å²) in [5, 5.41) is 3.01. The van der Waals surface area contributed by atoms with Crippen LogP contribution < -0.4 is 11.1 Å². The quantitative estimate of drug-likeness (QED) is 0.745. The maximum absolute atomic E-state index is 11.8. The lowest BCUT2D eigenvalue weighted by Crippen LogP contribution is -2.43. The summed E-state index contributed by atoms with van der Waals surface area (Å²) in [4.78, 5) is 11.8. The fraction of sp³-hybridized carbons (Fsp3) is 0.917. The van der Waals surface area contributed by atoms with Gasteiger partial charge in [0, 0.05) is 13.1 Å². The lowest BCUT2D eigenvalue weighted by Gasteiger charge is -2.38. The van der Waals surface area contributed by atoms with Gasteiger partial charge in [-0.3, -0.25) is 4.79 Å². The van der Waals surface area contributed by atoms with E-state index < -0.39 is 0 Å². The first-order valence-electron chi connectivity index (χ1n) is 6.26. The molecule has 92 valence electrons. The predicted octanol–water partition coefficient (Wildman–Crippen LogP) is 0.799. The fourth-order valence-electron chi connectivity index (χ4n) is 2.44. The molecule has 0 aromatic carbocycles. The van der Waals surface area contributed by atoms with Gasteiger partial charge < -0.3 is 15.8 Å². The largest absolute Gasteiger partial charge is 0.364 e. The number of nitrogens with one attached hydrogen (secondary N) is 1. The van der Waals surface area contributed by atoms with Crippen molar-refractivity contribution in [1.29, 1.82) is 0 Å². The van der Waals surface area contributed by atoms with Crippen molar-refractivity contribution in [1.82, 2.24) is 5.32 Å².